The van der Waals surface area contributed by atoms with E-state index in [1.807, 2.05) is 12.1 Å². The van der Waals surface area contributed by atoms with Crippen LogP contribution in [-0.4, -0.2) is 62.6 Å². The number of carbonyl (C=O) groups excluding carboxylic acids is 3. The van der Waals surface area contributed by atoms with Gasteiger partial charge in [0.15, 0.2) is 11.5 Å². The van der Waals surface area contributed by atoms with E-state index in [0.717, 1.165) is 19.4 Å². The quantitative estimate of drug-likeness (QED) is 0.625. The second-order valence-electron chi connectivity index (χ2n) is 8.87. The Kier molecular flexibility index (Phi) is 6.34. The number of hydrogen-bond donors (Lipinski definition) is 1. The monoisotopic (exact) mass is 479 g/mol. The number of rotatable bonds is 8. The zero-order valence-corrected chi connectivity index (χ0v) is 19.9. The highest BCUT2D eigenvalue weighted by molar-refractivity contribution is 6.18. The van der Waals surface area contributed by atoms with Crippen LogP contribution in [0, 0.1) is 0 Å². The van der Waals surface area contributed by atoms with E-state index >= 15 is 0 Å². The highest BCUT2D eigenvalue weighted by Crippen LogP contribution is 2.49. The first-order valence-corrected chi connectivity index (χ1v) is 11.9. The number of anilines is 1. The van der Waals surface area contributed by atoms with Crippen molar-refractivity contribution >= 4 is 23.4 Å². The van der Waals surface area contributed by atoms with Crippen molar-refractivity contribution in [2.24, 2.45) is 0 Å². The van der Waals surface area contributed by atoms with Gasteiger partial charge in [0.25, 0.3) is 11.8 Å². The van der Waals surface area contributed by atoms with E-state index in [1.165, 1.54) is 14.2 Å². The zero-order chi connectivity index (χ0) is 24.5. The molecule has 9 heteroatoms. The van der Waals surface area contributed by atoms with Crippen molar-refractivity contribution in [3.8, 4) is 11.5 Å². The first-order chi connectivity index (χ1) is 17.0. The van der Waals surface area contributed by atoms with Gasteiger partial charge in [-0.1, -0.05) is 18.2 Å². The number of methoxy groups -OCH3 is 2. The molecule has 0 aromatic heterocycles. The van der Waals surface area contributed by atoms with Crippen LogP contribution in [-0.2, 0) is 9.53 Å². The summed E-state index contributed by atoms with van der Waals surface area (Å²) in [6.07, 6.45) is 2.19. The van der Waals surface area contributed by atoms with Crippen molar-refractivity contribution < 1.29 is 28.6 Å². The molecule has 2 aromatic carbocycles. The summed E-state index contributed by atoms with van der Waals surface area (Å²) in [5.41, 5.74) is 2.09. The number of benzene rings is 2. The van der Waals surface area contributed by atoms with Crippen LogP contribution >= 0.6 is 0 Å². The molecule has 0 saturated carbocycles. The normalized spacial score (nSPS) is 20.4. The van der Waals surface area contributed by atoms with Gasteiger partial charge in [0, 0.05) is 31.7 Å². The molecule has 0 radical (unpaired) electrons. The summed E-state index contributed by atoms with van der Waals surface area (Å²) in [5.74, 6) is 0.310. The lowest BCUT2D eigenvalue weighted by Gasteiger charge is -2.41. The molecular weight excluding hydrogens is 450 g/mol. The Morgan fingerprint density at radius 2 is 1.94 bits per heavy atom. The Morgan fingerprint density at radius 1 is 1.11 bits per heavy atom. The van der Waals surface area contributed by atoms with Crippen LogP contribution in [0.5, 0.6) is 11.5 Å². The third-order valence-corrected chi connectivity index (χ3v) is 6.84. The number of amides is 3. The number of ether oxygens (including phenoxy) is 3. The van der Waals surface area contributed by atoms with Crippen LogP contribution in [0.25, 0.3) is 0 Å². The number of nitrogens with zero attached hydrogens (tertiary/aromatic N) is 2. The number of fused-ring (bicyclic) bond motifs is 5. The Labute approximate surface area is 203 Å². The molecule has 3 aliphatic rings. The van der Waals surface area contributed by atoms with E-state index in [1.54, 1.807) is 34.1 Å². The Bertz CT molecular complexity index is 1160. The van der Waals surface area contributed by atoms with Crippen molar-refractivity contribution in [3.05, 3.63) is 53.1 Å². The molecule has 3 heterocycles. The second-order valence-corrected chi connectivity index (χ2v) is 8.87. The SMILES string of the molecule is COc1ccc2c(c1OC)C(=O)N1c3ccccc3C(=O)N(CCCC(=O)NC[C@H]3CCCO3)[C@H]21. The Hall–Kier alpha value is -3.59. The van der Waals surface area contributed by atoms with Gasteiger partial charge in [0.05, 0.1) is 37.1 Å². The highest BCUT2D eigenvalue weighted by Gasteiger charge is 2.49. The molecule has 2 atom stereocenters. The van der Waals surface area contributed by atoms with Gasteiger partial charge in [-0.3, -0.25) is 19.3 Å². The van der Waals surface area contributed by atoms with Crippen molar-refractivity contribution in [2.75, 3.05) is 38.8 Å². The van der Waals surface area contributed by atoms with Gasteiger partial charge in [-0.2, -0.15) is 0 Å². The molecule has 0 bridgehead atoms. The van der Waals surface area contributed by atoms with E-state index in [-0.39, 0.29) is 30.2 Å². The zero-order valence-electron chi connectivity index (χ0n) is 19.9. The van der Waals surface area contributed by atoms with Crippen LogP contribution in [0.1, 0.15) is 58.1 Å². The van der Waals surface area contributed by atoms with Gasteiger partial charge < -0.3 is 24.4 Å². The highest BCUT2D eigenvalue weighted by atomic mass is 16.5. The maximum atomic E-state index is 13.7. The molecule has 35 heavy (non-hydrogen) atoms. The summed E-state index contributed by atoms with van der Waals surface area (Å²) in [5, 5.41) is 2.92. The summed E-state index contributed by atoms with van der Waals surface area (Å²) in [7, 11) is 3.01. The molecule has 0 unspecified atom stereocenters. The molecule has 1 fully saturated rings. The number of nitrogens with one attached hydrogen (secondary N) is 1. The summed E-state index contributed by atoms with van der Waals surface area (Å²) >= 11 is 0. The first-order valence-electron chi connectivity index (χ1n) is 11.9. The van der Waals surface area contributed by atoms with Crippen molar-refractivity contribution in [2.45, 2.75) is 38.0 Å². The lowest BCUT2D eigenvalue weighted by molar-refractivity contribution is -0.121. The van der Waals surface area contributed by atoms with E-state index in [4.69, 9.17) is 14.2 Å². The fourth-order valence-corrected chi connectivity index (χ4v) is 5.18. The molecule has 3 amide bonds. The van der Waals surface area contributed by atoms with Gasteiger partial charge in [-0.15, -0.1) is 0 Å². The topological polar surface area (TPSA) is 97.4 Å². The molecule has 0 aliphatic carbocycles. The standard InChI is InChI=1S/C26H29N3O6/c1-33-20-12-11-18-22(23(20)34-2)26(32)29-19-9-4-3-8-17(19)25(31)28(24(18)29)13-5-10-21(30)27-15-16-7-6-14-35-16/h3-4,8-9,11-12,16,24H,5-7,10,13-15H2,1-2H3,(H,27,30)/t16-,24+/m1/s1. The van der Waals surface area contributed by atoms with Gasteiger partial charge >= 0.3 is 0 Å². The van der Waals surface area contributed by atoms with Crippen LogP contribution in [0.3, 0.4) is 0 Å². The summed E-state index contributed by atoms with van der Waals surface area (Å²) in [6.45, 7) is 1.57. The number of carbonyl (C=O) groups is 3. The largest absolute Gasteiger partial charge is 0.493 e. The summed E-state index contributed by atoms with van der Waals surface area (Å²) in [6, 6.07) is 10.7. The van der Waals surface area contributed by atoms with Gasteiger partial charge in [0.2, 0.25) is 5.91 Å². The summed E-state index contributed by atoms with van der Waals surface area (Å²) in [4.78, 5) is 42.9. The fourth-order valence-electron chi connectivity index (χ4n) is 5.18. The smallest absolute Gasteiger partial charge is 0.264 e. The molecule has 1 N–H and O–H groups in total. The second kappa shape index (κ2) is 9.58. The molecule has 9 nitrogen and oxygen atoms in total. The molecule has 5 rings (SSSR count). The summed E-state index contributed by atoms with van der Waals surface area (Å²) < 4.78 is 16.5. The maximum absolute atomic E-state index is 13.7. The van der Waals surface area contributed by atoms with Crippen molar-refractivity contribution in [1.29, 1.82) is 0 Å². The minimum Gasteiger partial charge on any atom is -0.493 e. The minimum atomic E-state index is -0.616. The van der Waals surface area contributed by atoms with Crippen LogP contribution in [0.15, 0.2) is 36.4 Å². The molecular formula is C26H29N3O6. The van der Waals surface area contributed by atoms with Gasteiger partial charge in [-0.05, 0) is 37.5 Å². The van der Waals surface area contributed by atoms with Crippen LogP contribution in [0.4, 0.5) is 5.69 Å². The Morgan fingerprint density at radius 3 is 2.69 bits per heavy atom. The third-order valence-electron chi connectivity index (χ3n) is 6.84. The molecule has 0 spiro atoms. The van der Waals surface area contributed by atoms with E-state index in [9.17, 15) is 14.4 Å². The van der Waals surface area contributed by atoms with Gasteiger partial charge in [-0.25, -0.2) is 0 Å². The number of hydrogen-bond acceptors (Lipinski definition) is 6. The number of para-hydroxylation sites is 1. The molecule has 1 saturated heterocycles. The van der Waals surface area contributed by atoms with Gasteiger partial charge in [0.1, 0.15) is 6.17 Å². The van der Waals surface area contributed by atoms with Crippen molar-refractivity contribution in [3.63, 3.8) is 0 Å². The predicted molar refractivity (Wildman–Crippen MR) is 128 cm³/mol. The lowest BCUT2D eigenvalue weighted by Crippen LogP contribution is -2.48. The first kappa shape index (κ1) is 23.2. The molecule has 3 aliphatic heterocycles. The predicted octanol–water partition coefficient (Wildman–Crippen LogP) is 2.89. The van der Waals surface area contributed by atoms with Crippen LogP contribution in [0.2, 0.25) is 0 Å². The van der Waals surface area contributed by atoms with E-state index < -0.39 is 6.17 Å². The average molecular weight is 480 g/mol. The maximum Gasteiger partial charge on any atom is 0.264 e. The fraction of sp³-hybridized carbons (Fsp3) is 0.423. The lowest BCUT2D eigenvalue weighted by atomic mass is 10.0. The third kappa shape index (κ3) is 3.99. The Balaban J connectivity index is 1.40. The molecule has 184 valence electrons. The van der Waals surface area contributed by atoms with E-state index in [2.05, 4.69) is 5.32 Å². The average Bonchev–Trinajstić information content (AvgIpc) is 3.50. The minimum absolute atomic E-state index is 0.0727. The van der Waals surface area contributed by atoms with Crippen molar-refractivity contribution in [1.82, 2.24) is 10.2 Å². The van der Waals surface area contributed by atoms with E-state index in [0.29, 0.717) is 53.4 Å². The van der Waals surface area contributed by atoms with Crippen LogP contribution < -0.4 is 19.7 Å². The molecule has 2 aromatic rings.